The second-order valence-corrected chi connectivity index (χ2v) is 6.16. The summed E-state index contributed by atoms with van der Waals surface area (Å²) < 4.78 is 0. The number of anilines is 1. The lowest BCUT2D eigenvalue weighted by atomic mass is 9.73. The Morgan fingerprint density at radius 1 is 1.15 bits per heavy atom. The predicted octanol–water partition coefficient (Wildman–Crippen LogP) is 3.49. The molecular formula is C16H23ClN2O. The standard InChI is InChI=1S/C16H22N2O.ClH/c17-14-6-4-5-13(11-14)15(19)18-10-9-16(12-18)7-2-1-3-8-16;/h4-6,11H,1-3,7-10,12,17H2;1H. The third kappa shape index (κ3) is 2.93. The first-order valence-electron chi connectivity index (χ1n) is 7.33. The van der Waals surface area contributed by atoms with Gasteiger partial charge in [-0.2, -0.15) is 0 Å². The van der Waals surface area contributed by atoms with Gasteiger partial charge in [-0.3, -0.25) is 4.79 Å². The highest BCUT2D eigenvalue weighted by molar-refractivity contribution is 5.95. The fourth-order valence-electron chi connectivity index (χ4n) is 3.67. The summed E-state index contributed by atoms with van der Waals surface area (Å²) in [6.07, 6.45) is 7.81. The SMILES string of the molecule is Cl.Nc1cccc(C(=O)N2CCC3(CCCCC3)C2)c1. The van der Waals surface area contributed by atoms with Crippen molar-refractivity contribution in [2.45, 2.75) is 38.5 Å². The molecule has 3 nitrogen and oxygen atoms in total. The Hall–Kier alpha value is -1.22. The van der Waals surface area contributed by atoms with Gasteiger partial charge in [0.1, 0.15) is 0 Å². The molecule has 0 atom stereocenters. The van der Waals surface area contributed by atoms with Gasteiger partial charge in [0.15, 0.2) is 0 Å². The summed E-state index contributed by atoms with van der Waals surface area (Å²) in [5.41, 5.74) is 7.58. The Labute approximate surface area is 126 Å². The van der Waals surface area contributed by atoms with Gasteiger partial charge in [0.25, 0.3) is 5.91 Å². The minimum absolute atomic E-state index is 0. The van der Waals surface area contributed by atoms with Crippen LogP contribution < -0.4 is 5.73 Å². The van der Waals surface area contributed by atoms with E-state index in [2.05, 4.69) is 0 Å². The summed E-state index contributed by atoms with van der Waals surface area (Å²) in [5, 5.41) is 0. The van der Waals surface area contributed by atoms with E-state index < -0.39 is 0 Å². The topological polar surface area (TPSA) is 46.3 Å². The van der Waals surface area contributed by atoms with E-state index >= 15 is 0 Å². The molecule has 2 N–H and O–H groups in total. The van der Waals surface area contributed by atoms with Crippen LogP contribution in [0.15, 0.2) is 24.3 Å². The molecule has 1 aliphatic carbocycles. The molecule has 2 aliphatic rings. The van der Waals surface area contributed by atoms with Crippen LogP contribution in [0.4, 0.5) is 5.69 Å². The van der Waals surface area contributed by atoms with E-state index in [4.69, 9.17) is 5.73 Å². The van der Waals surface area contributed by atoms with Gasteiger partial charge in [0.05, 0.1) is 0 Å². The lowest BCUT2D eigenvalue weighted by molar-refractivity contribution is 0.0759. The van der Waals surface area contributed by atoms with E-state index in [0.29, 0.717) is 11.1 Å². The number of likely N-dealkylation sites (tertiary alicyclic amines) is 1. The van der Waals surface area contributed by atoms with Crippen molar-refractivity contribution in [1.82, 2.24) is 4.90 Å². The van der Waals surface area contributed by atoms with Crippen LogP contribution in [0.2, 0.25) is 0 Å². The lowest BCUT2D eigenvalue weighted by Crippen LogP contribution is -2.33. The van der Waals surface area contributed by atoms with E-state index in [0.717, 1.165) is 18.7 Å². The van der Waals surface area contributed by atoms with Gasteiger partial charge >= 0.3 is 0 Å². The molecule has 4 heteroatoms. The van der Waals surface area contributed by atoms with Crippen molar-refractivity contribution in [1.29, 1.82) is 0 Å². The van der Waals surface area contributed by atoms with E-state index in [1.807, 2.05) is 23.1 Å². The van der Waals surface area contributed by atoms with Crippen molar-refractivity contribution in [2.75, 3.05) is 18.8 Å². The first-order chi connectivity index (χ1) is 9.19. The number of amides is 1. The summed E-state index contributed by atoms with van der Waals surface area (Å²) in [5.74, 6) is 0.148. The number of rotatable bonds is 1. The number of nitrogens with two attached hydrogens (primary N) is 1. The van der Waals surface area contributed by atoms with Crippen LogP contribution in [-0.4, -0.2) is 23.9 Å². The highest BCUT2D eigenvalue weighted by Crippen LogP contribution is 2.43. The molecule has 1 aromatic rings. The third-order valence-electron chi connectivity index (χ3n) is 4.77. The smallest absolute Gasteiger partial charge is 0.253 e. The van der Waals surface area contributed by atoms with Gasteiger partial charge in [-0.1, -0.05) is 25.3 Å². The molecule has 1 saturated heterocycles. The van der Waals surface area contributed by atoms with Gasteiger partial charge in [-0.15, -0.1) is 12.4 Å². The fraction of sp³-hybridized carbons (Fsp3) is 0.562. The minimum atomic E-state index is 0. The van der Waals surface area contributed by atoms with Gasteiger partial charge in [-0.25, -0.2) is 0 Å². The van der Waals surface area contributed by atoms with Crippen molar-refractivity contribution < 1.29 is 4.79 Å². The molecule has 1 saturated carbocycles. The zero-order valence-corrected chi connectivity index (χ0v) is 12.6. The largest absolute Gasteiger partial charge is 0.399 e. The summed E-state index contributed by atoms with van der Waals surface area (Å²) in [7, 11) is 0. The van der Waals surface area contributed by atoms with Gasteiger partial charge in [-0.05, 0) is 42.9 Å². The quantitative estimate of drug-likeness (QED) is 0.806. The number of nitrogens with zero attached hydrogens (tertiary/aromatic N) is 1. The number of benzene rings is 1. The number of carbonyl (C=O) groups is 1. The maximum Gasteiger partial charge on any atom is 0.253 e. The van der Waals surface area contributed by atoms with Crippen molar-refractivity contribution in [2.24, 2.45) is 5.41 Å². The molecule has 0 bridgehead atoms. The Balaban J connectivity index is 0.00000147. The molecule has 110 valence electrons. The highest BCUT2D eigenvalue weighted by atomic mass is 35.5. The maximum absolute atomic E-state index is 12.5. The molecule has 1 aliphatic heterocycles. The normalized spacial score (nSPS) is 20.7. The fourth-order valence-corrected chi connectivity index (χ4v) is 3.67. The molecule has 1 amide bonds. The van der Waals surface area contributed by atoms with Crippen molar-refractivity contribution in [3.05, 3.63) is 29.8 Å². The average molecular weight is 295 g/mol. The zero-order valence-electron chi connectivity index (χ0n) is 11.8. The van der Waals surface area contributed by atoms with Crippen molar-refractivity contribution in [3.63, 3.8) is 0 Å². The van der Waals surface area contributed by atoms with Crippen LogP contribution in [-0.2, 0) is 0 Å². The number of carbonyl (C=O) groups excluding carboxylic acids is 1. The van der Waals surface area contributed by atoms with Gasteiger partial charge in [0.2, 0.25) is 0 Å². The van der Waals surface area contributed by atoms with E-state index in [-0.39, 0.29) is 18.3 Å². The number of hydrogen-bond acceptors (Lipinski definition) is 2. The number of nitrogen functional groups attached to an aromatic ring is 1. The monoisotopic (exact) mass is 294 g/mol. The first kappa shape index (κ1) is 15.2. The van der Waals surface area contributed by atoms with Crippen LogP contribution in [0.1, 0.15) is 48.9 Å². The third-order valence-corrected chi connectivity index (χ3v) is 4.77. The summed E-state index contributed by atoms with van der Waals surface area (Å²) >= 11 is 0. The van der Waals surface area contributed by atoms with Crippen LogP contribution in [0.3, 0.4) is 0 Å². The van der Waals surface area contributed by atoms with Gasteiger partial charge in [0, 0.05) is 24.3 Å². The summed E-state index contributed by atoms with van der Waals surface area (Å²) in [4.78, 5) is 14.5. The van der Waals surface area contributed by atoms with Crippen molar-refractivity contribution >= 4 is 24.0 Å². The van der Waals surface area contributed by atoms with E-state index in [1.165, 1.54) is 38.5 Å². The predicted molar refractivity (Wildman–Crippen MR) is 84.1 cm³/mol. The second kappa shape index (κ2) is 6.04. The zero-order chi connectivity index (χ0) is 13.3. The molecule has 0 radical (unpaired) electrons. The van der Waals surface area contributed by atoms with Crippen LogP contribution in [0, 0.1) is 5.41 Å². The molecule has 0 aromatic heterocycles. The Kier molecular flexibility index (Phi) is 4.59. The summed E-state index contributed by atoms with van der Waals surface area (Å²) in [6.45, 7) is 1.86. The second-order valence-electron chi connectivity index (χ2n) is 6.16. The van der Waals surface area contributed by atoms with Crippen molar-refractivity contribution in [3.8, 4) is 0 Å². The first-order valence-corrected chi connectivity index (χ1v) is 7.33. The molecule has 0 unspecified atom stereocenters. The van der Waals surface area contributed by atoms with E-state index in [9.17, 15) is 4.79 Å². The number of halogens is 1. The molecular weight excluding hydrogens is 272 g/mol. The van der Waals surface area contributed by atoms with Crippen LogP contribution >= 0.6 is 12.4 Å². The molecule has 1 aromatic carbocycles. The molecule has 1 spiro atoms. The Bertz CT molecular complexity index is 483. The van der Waals surface area contributed by atoms with Crippen LogP contribution in [0.5, 0.6) is 0 Å². The molecule has 2 fully saturated rings. The molecule has 1 heterocycles. The Morgan fingerprint density at radius 2 is 1.90 bits per heavy atom. The highest BCUT2D eigenvalue weighted by Gasteiger charge is 2.40. The molecule has 20 heavy (non-hydrogen) atoms. The number of hydrogen-bond donors (Lipinski definition) is 1. The Morgan fingerprint density at radius 3 is 2.60 bits per heavy atom. The average Bonchev–Trinajstić information content (AvgIpc) is 2.82. The maximum atomic E-state index is 12.5. The van der Waals surface area contributed by atoms with E-state index in [1.54, 1.807) is 6.07 Å². The van der Waals surface area contributed by atoms with Gasteiger partial charge < -0.3 is 10.6 Å². The summed E-state index contributed by atoms with van der Waals surface area (Å²) in [6, 6.07) is 7.33. The molecule has 3 rings (SSSR count). The van der Waals surface area contributed by atoms with Crippen LogP contribution in [0.25, 0.3) is 0 Å². The lowest BCUT2D eigenvalue weighted by Gasteiger charge is -2.33. The minimum Gasteiger partial charge on any atom is -0.399 e.